The molecule has 2 N–H and O–H groups in total. The third kappa shape index (κ3) is 10.7. The lowest BCUT2D eigenvalue weighted by molar-refractivity contribution is -0.00241. The SMILES string of the molecule is C/C=C1\CCCCC(C2CCC(C3C=CCCC3)CC2)C(CN)C2CCCCC2C(C2CCCCCC(C)CCCC(C)C2)C(C)C1. The van der Waals surface area contributed by atoms with Crippen molar-refractivity contribution in [1.82, 2.24) is 0 Å². The topological polar surface area (TPSA) is 26.0 Å². The highest BCUT2D eigenvalue weighted by atomic mass is 14.6. The van der Waals surface area contributed by atoms with Crippen molar-refractivity contribution in [2.24, 2.45) is 76.7 Å². The number of hydrogen-bond donors (Lipinski definition) is 1. The van der Waals surface area contributed by atoms with Gasteiger partial charge in [-0.05, 0) is 174 Å². The van der Waals surface area contributed by atoms with Gasteiger partial charge < -0.3 is 5.73 Å². The number of fused-ring (bicyclic) bond motifs is 1. The van der Waals surface area contributed by atoms with Crippen LogP contribution in [0.1, 0.15) is 188 Å². The van der Waals surface area contributed by atoms with Gasteiger partial charge in [0.25, 0.3) is 0 Å². The molecule has 1 nitrogen and oxygen atoms in total. The van der Waals surface area contributed by atoms with Crippen LogP contribution < -0.4 is 5.73 Å². The summed E-state index contributed by atoms with van der Waals surface area (Å²) in [4.78, 5) is 0. The number of hydrogen-bond acceptors (Lipinski definition) is 1. The highest BCUT2D eigenvalue weighted by Crippen LogP contribution is 2.53. The van der Waals surface area contributed by atoms with Crippen LogP contribution in [0.3, 0.4) is 0 Å². The van der Waals surface area contributed by atoms with Crippen LogP contribution >= 0.6 is 0 Å². The van der Waals surface area contributed by atoms with E-state index in [1.807, 2.05) is 0 Å². The van der Waals surface area contributed by atoms with E-state index < -0.39 is 0 Å². The van der Waals surface area contributed by atoms with Gasteiger partial charge in [-0.1, -0.05) is 115 Å². The second kappa shape index (κ2) is 19.7. The molecule has 0 heterocycles. The molecule has 0 saturated heterocycles. The molecule has 270 valence electrons. The van der Waals surface area contributed by atoms with Crippen LogP contribution in [0, 0.1) is 71.0 Å². The minimum Gasteiger partial charge on any atom is -0.330 e. The smallest absolute Gasteiger partial charge is 0.00434 e. The van der Waals surface area contributed by atoms with Crippen LogP contribution in [0.25, 0.3) is 0 Å². The summed E-state index contributed by atoms with van der Waals surface area (Å²) < 4.78 is 0. The van der Waals surface area contributed by atoms with Crippen molar-refractivity contribution in [1.29, 1.82) is 0 Å². The lowest BCUT2D eigenvalue weighted by Gasteiger charge is -2.50. The number of nitrogens with two attached hydrogens (primary N) is 1. The maximum atomic E-state index is 7.06. The summed E-state index contributed by atoms with van der Waals surface area (Å²) in [6.45, 7) is 11.2. The van der Waals surface area contributed by atoms with Gasteiger partial charge in [0.2, 0.25) is 0 Å². The minimum atomic E-state index is 0.761. The molecular weight excluding hydrogens is 567 g/mol. The fraction of sp³-hybridized carbons (Fsp3) is 0.913. The Bertz CT molecular complexity index is 923. The summed E-state index contributed by atoms with van der Waals surface area (Å²) in [5, 5.41) is 0. The van der Waals surface area contributed by atoms with E-state index in [0.717, 1.165) is 77.6 Å². The molecule has 0 aromatic heterocycles. The Morgan fingerprint density at radius 1 is 0.617 bits per heavy atom. The Hall–Kier alpha value is -0.560. The first-order chi connectivity index (χ1) is 23.0. The fourth-order valence-electron chi connectivity index (χ4n) is 12.9. The normalized spacial score (nSPS) is 43.5. The van der Waals surface area contributed by atoms with Gasteiger partial charge in [0.1, 0.15) is 0 Å². The van der Waals surface area contributed by atoms with Crippen LogP contribution in [0.4, 0.5) is 0 Å². The third-order valence-corrected chi connectivity index (χ3v) is 15.4. The largest absolute Gasteiger partial charge is 0.330 e. The summed E-state index contributed by atoms with van der Waals surface area (Å²) in [5.41, 5.74) is 8.86. The van der Waals surface area contributed by atoms with Gasteiger partial charge in [0.15, 0.2) is 0 Å². The monoisotopic (exact) mass is 648 g/mol. The quantitative estimate of drug-likeness (QED) is 0.302. The van der Waals surface area contributed by atoms with Crippen molar-refractivity contribution < 1.29 is 0 Å². The second-order valence-corrected chi connectivity index (χ2v) is 18.6. The van der Waals surface area contributed by atoms with Gasteiger partial charge in [-0.15, -0.1) is 0 Å². The molecule has 1 heteroatoms. The van der Waals surface area contributed by atoms with Gasteiger partial charge in [-0.25, -0.2) is 0 Å². The molecule has 10 atom stereocenters. The van der Waals surface area contributed by atoms with E-state index in [1.165, 1.54) is 161 Å². The molecule has 47 heavy (non-hydrogen) atoms. The number of allylic oxidation sites excluding steroid dienone is 4. The van der Waals surface area contributed by atoms with E-state index in [4.69, 9.17) is 5.73 Å². The summed E-state index contributed by atoms with van der Waals surface area (Å²) >= 11 is 0. The predicted octanol–water partition coefficient (Wildman–Crippen LogP) is 13.7. The molecule has 5 rings (SSSR count). The van der Waals surface area contributed by atoms with Gasteiger partial charge in [0.05, 0.1) is 0 Å². The Morgan fingerprint density at radius 2 is 1.28 bits per heavy atom. The average molecular weight is 648 g/mol. The highest BCUT2D eigenvalue weighted by Gasteiger charge is 2.45. The molecule has 0 radical (unpaired) electrons. The van der Waals surface area contributed by atoms with E-state index in [9.17, 15) is 0 Å². The molecular formula is C46H81N. The Kier molecular flexibility index (Phi) is 15.8. The van der Waals surface area contributed by atoms with Crippen molar-refractivity contribution >= 4 is 0 Å². The van der Waals surface area contributed by atoms with Crippen LogP contribution in [-0.4, -0.2) is 6.54 Å². The zero-order valence-electron chi connectivity index (χ0n) is 32.1. The van der Waals surface area contributed by atoms with E-state index in [-0.39, 0.29) is 0 Å². The molecule has 5 aliphatic rings. The van der Waals surface area contributed by atoms with Gasteiger partial charge >= 0.3 is 0 Å². The van der Waals surface area contributed by atoms with Crippen LogP contribution in [0.15, 0.2) is 23.8 Å². The van der Waals surface area contributed by atoms with E-state index in [0.29, 0.717) is 0 Å². The predicted molar refractivity (Wildman–Crippen MR) is 206 cm³/mol. The van der Waals surface area contributed by atoms with Crippen LogP contribution in [0.2, 0.25) is 0 Å². The molecule has 0 aromatic rings. The first kappa shape index (κ1) is 37.7. The van der Waals surface area contributed by atoms with Crippen molar-refractivity contribution in [2.45, 2.75) is 188 Å². The lowest BCUT2D eigenvalue weighted by Crippen LogP contribution is -2.45. The highest BCUT2D eigenvalue weighted by molar-refractivity contribution is 5.05. The minimum absolute atomic E-state index is 0.761. The van der Waals surface area contributed by atoms with Crippen molar-refractivity contribution in [2.75, 3.05) is 6.54 Å². The molecule has 0 bridgehead atoms. The molecule has 0 amide bonds. The fourth-order valence-corrected chi connectivity index (χ4v) is 12.9. The molecule has 0 aliphatic heterocycles. The molecule has 0 aromatic carbocycles. The van der Waals surface area contributed by atoms with Gasteiger partial charge in [-0.2, -0.15) is 0 Å². The van der Waals surface area contributed by atoms with E-state index in [1.54, 1.807) is 5.57 Å². The van der Waals surface area contributed by atoms with Crippen LogP contribution in [0.5, 0.6) is 0 Å². The second-order valence-electron chi connectivity index (χ2n) is 18.6. The van der Waals surface area contributed by atoms with Crippen LogP contribution in [-0.2, 0) is 0 Å². The van der Waals surface area contributed by atoms with Crippen molar-refractivity contribution in [3.05, 3.63) is 23.8 Å². The Morgan fingerprint density at radius 3 is 2.02 bits per heavy atom. The third-order valence-electron chi connectivity index (χ3n) is 15.4. The molecule has 10 unspecified atom stereocenters. The maximum Gasteiger partial charge on any atom is -0.00434 e. The number of rotatable bonds is 4. The Balaban J connectivity index is 1.41. The molecule has 4 fully saturated rings. The van der Waals surface area contributed by atoms with Crippen molar-refractivity contribution in [3.63, 3.8) is 0 Å². The standard InChI is InChI=1S/C46H81N/c1-5-37-20-12-13-24-42(40-29-27-39(28-30-40)38-21-9-7-10-22-38)45(33-47)43-25-14-15-26-44(43)46(36(4)32-37)41-23-11-6-8-17-34(2)18-16-19-35(3)31-41/h5,9,21,34-36,38-46H,6-8,10-20,22-33,47H2,1-4H3/b37-5+. The average Bonchev–Trinajstić information content (AvgIpc) is 3.08. The zero-order valence-corrected chi connectivity index (χ0v) is 32.1. The first-order valence-corrected chi connectivity index (χ1v) is 22.0. The van der Waals surface area contributed by atoms with E-state index in [2.05, 4.69) is 45.9 Å². The summed E-state index contributed by atoms with van der Waals surface area (Å²) in [7, 11) is 0. The summed E-state index contributed by atoms with van der Waals surface area (Å²) in [6.07, 6.45) is 44.0. The van der Waals surface area contributed by atoms with Gasteiger partial charge in [0, 0.05) is 0 Å². The van der Waals surface area contributed by atoms with E-state index >= 15 is 0 Å². The molecule has 5 aliphatic carbocycles. The first-order valence-electron chi connectivity index (χ1n) is 22.0. The molecule has 0 spiro atoms. The maximum absolute atomic E-state index is 7.06. The van der Waals surface area contributed by atoms with Crippen molar-refractivity contribution in [3.8, 4) is 0 Å². The summed E-state index contributed by atoms with van der Waals surface area (Å²) in [6, 6.07) is 0. The molecule has 4 saturated carbocycles. The zero-order chi connectivity index (χ0) is 33.0. The lowest BCUT2D eigenvalue weighted by atomic mass is 9.55. The summed E-state index contributed by atoms with van der Waals surface area (Å²) in [5.74, 6) is 10.6. The Labute approximate surface area is 294 Å². The van der Waals surface area contributed by atoms with Gasteiger partial charge in [-0.3, -0.25) is 0 Å².